The number of nitrogens with one attached hydrogen (secondary N) is 1. The molecule has 0 aliphatic heterocycles. The molecular weight excluding hydrogens is 352 g/mol. The average Bonchev–Trinajstić information content (AvgIpc) is 2.94. The Hall–Kier alpha value is -1.92. The number of aryl methyl sites for hydroxylation is 1. The van der Waals surface area contributed by atoms with Crippen LogP contribution in [0.25, 0.3) is 10.2 Å². The van der Waals surface area contributed by atoms with E-state index in [-0.39, 0.29) is 0 Å². The zero-order valence-corrected chi connectivity index (χ0v) is 16.9. The molecule has 0 saturated carbocycles. The molecule has 0 radical (unpaired) electrons. The molecule has 0 fully saturated rings. The highest BCUT2D eigenvalue weighted by Crippen LogP contribution is 2.33. The SMILES string of the molecule is Cc1c(C)c(C)c(S(=O)(=O)Nc2nc3c(C)cccc3s2)c(C)c1C. The van der Waals surface area contributed by atoms with E-state index in [0.29, 0.717) is 10.0 Å². The number of sulfonamides is 1. The van der Waals surface area contributed by atoms with E-state index < -0.39 is 10.0 Å². The van der Waals surface area contributed by atoms with Crippen LogP contribution in [-0.2, 0) is 10.0 Å². The molecule has 0 amide bonds. The Morgan fingerprint density at radius 1 is 0.880 bits per heavy atom. The highest BCUT2D eigenvalue weighted by atomic mass is 32.2. The lowest BCUT2D eigenvalue weighted by Crippen LogP contribution is -2.17. The Bertz CT molecular complexity index is 1070. The molecule has 0 unspecified atom stereocenters. The fourth-order valence-electron chi connectivity index (χ4n) is 3.16. The Morgan fingerprint density at radius 2 is 1.44 bits per heavy atom. The number of rotatable bonds is 3. The first-order chi connectivity index (χ1) is 11.6. The number of nitrogens with zero attached hydrogens (tertiary/aromatic N) is 1. The topological polar surface area (TPSA) is 59.1 Å². The predicted octanol–water partition coefficient (Wildman–Crippen LogP) is 4.95. The monoisotopic (exact) mass is 374 g/mol. The molecule has 0 aliphatic rings. The van der Waals surface area contributed by atoms with Crippen molar-refractivity contribution in [3.63, 3.8) is 0 Å². The number of aromatic nitrogens is 1. The normalized spacial score (nSPS) is 11.9. The van der Waals surface area contributed by atoms with Crippen molar-refractivity contribution in [1.29, 1.82) is 0 Å². The average molecular weight is 375 g/mol. The Kier molecular flexibility index (Phi) is 4.37. The van der Waals surface area contributed by atoms with Gasteiger partial charge in [-0.1, -0.05) is 23.5 Å². The third kappa shape index (κ3) is 2.93. The molecule has 0 atom stereocenters. The molecule has 3 rings (SSSR count). The van der Waals surface area contributed by atoms with Gasteiger partial charge in [-0.05, 0) is 81.0 Å². The zero-order chi connectivity index (χ0) is 18.5. The van der Waals surface area contributed by atoms with Crippen molar-refractivity contribution in [2.45, 2.75) is 46.4 Å². The molecule has 0 saturated heterocycles. The fraction of sp³-hybridized carbons (Fsp3) is 0.316. The largest absolute Gasteiger partial charge is 0.264 e. The molecule has 0 spiro atoms. The van der Waals surface area contributed by atoms with Gasteiger partial charge in [-0.15, -0.1) is 0 Å². The van der Waals surface area contributed by atoms with Crippen molar-refractivity contribution < 1.29 is 8.42 Å². The summed E-state index contributed by atoms with van der Waals surface area (Å²) in [4.78, 5) is 4.84. The first-order valence-corrected chi connectivity index (χ1v) is 10.4. The van der Waals surface area contributed by atoms with E-state index in [1.165, 1.54) is 11.3 Å². The standard InChI is InChI=1S/C19H22N2O2S2/c1-10-8-7-9-16-17(10)20-19(24-16)21-25(22,23)18-14(5)12(3)11(2)13(4)15(18)6/h7-9H,1-6H3,(H,20,21). The van der Waals surface area contributed by atoms with E-state index in [1.807, 2.05) is 59.7 Å². The summed E-state index contributed by atoms with van der Waals surface area (Å²) in [5.74, 6) is 0. The van der Waals surface area contributed by atoms with Crippen LogP contribution in [0.15, 0.2) is 23.1 Å². The number of fused-ring (bicyclic) bond motifs is 1. The summed E-state index contributed by atoms with van der Waals surface area (Å²) in [5, 5.41) is 0.402. The van der Waals surface area contributed by atoms with Crippen molar-refractivity contribution in [3.8, 4) is 0 Å². The third-order valence-corrected chi connectivity index (χ3v) is 7.72. The van der Waals surface area contributed by atoms with Crippen LogP contribution in [0.3, 0.4) is 0 Å². The van der Waals surface area contributed by atoms with E-state index in [9.17, 15) is 8.42 Å². The summed E-state index contributed by atoms with van der Waals surface area (Å²) in [5.41, 5.74) is 6.65. The van der Waals surface area contributed by atoms with E-state index >= 15 is 0 Å². The van der Waals surface area contributed by atoms with Gasteiger partial charge in [0.15, 0.2) is 5.13 Å². The molecular formula is C19H22N2O2S2. The van der Waals surface area contributed by atoms with Gasteiger partial charge in [0.05, 0.1) is 15.1 Å². The minimum Gasteiger partial charge on any atom is -0.255 e. The molecule has 1 heterocycles. The number of benzene rings is 2. The Labute approximate surface area is 153 Å². The summed E-state index contributed by atoms with van der Waals surface area (Å²) >= 11 is 1.35. The van der Waals surface area contributed by atoms with Gasteiger partial charge >= 0.3 is 0 Å². The van der Waals surface area contributed by atoms with Gasteiger partial charge in [-0.3, -0.25) is 4.72 Å². The van der Waals surface area contributed by atoms with Crippen molar-refractivity contribution >= 4 is 36.7 Å². The predicted molar refractivity (Wildman–Crippen MR) is 105 cm³/mol. The molecule has 1 N–H and O–H groups in total. The summed E-state index contributed by atoms with van der Waals surface area (Å²) in [7, 11) is -3.70. The minimum atomic E-state index is -3.70. The smallest absolute Gasteiger partial charge is 0.255 e. The van der Waals surface area contributed by atoms with Gasteiger partial charge in [0, 0.05) is 0 Å². The van der Waals surface area contributed by atoms with Gasteiger partial charge in [0.1, 0.15) is 0 Å². The van der Waals surface area contributed by atoms with Crippen LogP contribution >= 0.6 is 11.3 Å². The number of para-hydroxylation sites is 1. The molecule has 0 bridgehead atoms. The number of hydrogen-bond donors (Lipinski definition) is 1. The van der Waals surface area contributed by atoms with Crippen molar-refractivity contribution in [3.05, 3.63) is 51.6 Å². The lowest BCUT2D eigenvalue weighted by atomic mass is 9.95. The first-order valence-electron chi connectivity index (χ1n) is 8.09. The second-order valence-corrected chi connectivity index (χ2v) is 9.15. The maximum atomic E-state index is 13.1. The fourth-order valence-corrected chi connectivity index (χ4v) is 5.95. The van der Waals surface area contributed by atoms with Crippen LogP contribution in [0, 0.1) is 41.5 Å². The molecule has 3 aromatic rings. The molecule has 0 aliphatic carbocycles. The minimum absolute atomic E-state index is 0.365. The zero-order valence-electron chi connectivity index (χ0n) is 15.3. The van der Waals surface area contributed by atoms with Gasteiger partial charge in [0.25, 0.3) is 10.0 Å². The summed E-state index contributed by atoms with van der Waals surface area (Å²) < 4.78 is 29.8. The van der Waals surface area contributed by atoms with Crippen molar-refractivity contribution in [2.75, 3.05) is 4.72 Å². The lowest BCUT2D eigenvalue weighted by molar-refractivity contribution is 0.599. The molecule has 1 aromatic heterocycles. The first kappa shape index (κ1) is 17.9. The number of thiazole rings is 1. The van der Waals surface area contributed by atoms with Gasteiger partial charge < -0.3 is 0 Å². The Balaban J connectivity index is 2.12. The molecule has 4 nitrogen and oxygen atoms in total. The Morgan fingerprint density at radius 3 is 2.00 bits per heavy atom. The van der Waals surface area contributed by atoms with Crippen LogP contribution in [0.4, 0.5) is 5.13 Å². The summed E-state index contributed by atoms with van der Waals surface area (Å²) in [6, 6.07) is 5.88. The highest BCUT2D eigenvalue weighted by molar-refractivity contribution is 7.93. The van der Waals surface area contributed by atoms with E-state index in [1.54, 1.807) is 0 Å². The molecule has 25 heavy (non-hydrogen) atoms. The molecule has 132 valence electrons. The summed E-state index contributed by atoms with van der Waals surface area (Å²) in [6.07, 6.45) is 0. The van der Waals surface area contributed by atoms with Crippen LogP contribution in [-0.4, -0.2) is 13.4 Å². The highest BCUT2D eigenvalue weighted by Gasteiger charge is 2.24. The maximum Gasteiger partial charge on any atom is 0.264 e. The van der Waals surface area contributed by atoms with Crippen LogP contribution in [0.5, 0.6) is 0 Å². The number of hydrogen-bond acceptors (Lipinski definition) is 4. The van der Waals surface area contributed by atoms with E-state index in [4.69, 9.17) is 0 Å². The van der Waals surface area contributed by atoms with Gasteiger partial charge in [0.2, 0.25) is 0 Å². The second-order valence-electron chi connectivity index (χ2n) is 6.50. The molecule has 2 aromatic carbocycles. The van der Waals surface area contributed by atoms with Crippen LogP contribution in [0.2, 0.25) is 0 Å². The summed E-state index contributed by atoms with van der Waals surface area (Å²) in [6.45, 7) is 11.7. The van der Waals surface area contributed by atoms with Crippen LogP contribution < -0.4 is 4.72 Å². The number of anilines is 1. The third-order valence-electron chi connectivity index (χ3n) is 5.04. The van der Waals surface area contributed by atoms with Crippen molar-refractivity contribution in [2.24, 2.45) is 0 Å². The van der Waals surface area contributed by atoms with E-state index in [0.717, 1.165) is 43.6 Å². The van der Waals surface area contributed by atoms with E-state index in [2.05, 4.69) is 9.71 Å². The quantitative estimate of drug-likeness (QED) is 0.706. The van der Waals surface area contributed by atoms with Crippen LogP contribution in [0.1, 0.15) is 33.4 Å². The molecule has 6 heteroatoms. The lowest BCUT2D eigenvalue weighted by Gasteiger charge is -2.18. The second kappa shape index (κ2) is 6.11. The van der Waals surface area contributed by atoms with Gasteiger partial charge in [-0.25, -0.2) is 13.4 Å². The van der Waals surface area contributed by atoms with Crippen molar-refractivity contribution in [1.82, 2.24) is 4.98 Å². The van der Waals surface area contributed by atoms with Gasteiger partial charge in [-0.2, -0.15) is 0 Å². The maximum absolute atomic E-state index is 13.1.